The highest BCUT2D eigenvalue weighted by molar-refractivity contribution is 6.04. The van der Waals surface area contributed by atoms with Gasteiger partial charge in [0, 0.05) is 12.2 Å². The van der Waals surface area contributed by atoms with Gasteiger partial charge in [0.05, 0.1) is 12.3 Å². The number of oxime groups is 1. The minimum Gasteiger partial charge on any atom is -0.494 e. The van der Waals surface area contributed by atoms with Crippen LogP contribution in [0.2, 0.25) is 0 Å². The molecule has 0 unspecified atom stereocenters. The zero-order chi connectivity index (χ0) is 12.8. The molecule has 0 bridgehead atoms. The van der Waals surface area contributed by atoms with Gasteiger partial charge >= 0.3 is 0 Å². The Kier molecular flexibility index (Phi) is 4.59. The minimum atomic E-state index is 0.252. The summed E-state index contributed by atoms with van der Waals surface area (Å²) in [4.78, 5) is 0. The molecule has 0 fully saturated rings. The zero-order valence-corrected chi connectivity index (χ0v) is 10.4. The Morgan fingerprint density at radius 3 is 2.83 bits per heavy atom. The summed E-state index contributed by atoms with van der Waals surface area (Å²) in [5, 5.41) is 20.8. The van der Waals surface area contributed by atoms with E-state index in [9.17, 15) is 0 Å². The summed E-state index contributed by atoms with van der Waals surface area (Å²) >= 11 is 0. The lowest BCUT2D eigenvalue weighted by Gasteiger charge is -2.07. The zero-order valence-electron chi connectivity index (χ0n) is 10.4. The molecule has 98 valence electrons. The van der Waals surface area contributed by atoms with Crippen LogP contribution in [0.3, 0.4) is 0 Å². The second-order valence-corrected chi connectivity index (χ2v) is 4.50. The molecule has 1 aromatic carbocycles. The first kappa shape index (κ1) is 12.9. The smallest absolute Gasteiger partial charge is 0.119 e. The molecule has 2 N–H and O–H groups in total. The molecule has 1 aromatic rings. The highest BCUT2D eigenvalue weighted by Crippen LogP contribution is 2.26. The van der Waals surface area contributed by atoms with Crippen molar-refractivity contribution in [1.82, 2.24) is 0 Å². The average molecular weight is 249 g/mol. The number of aliphatic hydroxyl groups excluding tert-OH is 1. The second kappa shape index (κ2) is 6.40. The molecule has 0 aromatic heterocycles. The number of unbranched alkanes of at least 4 members (excludes halogenated alkanes) is 2. The molecule has 0 spiro atoms. The lowest BCUT2D eigenvalue weighted by molar-refractivity contribution is 0.266. The number of nitrogens with zero attached hydrogens (tertiary/aromatic N) is 1. The van der Waals surface area contributed by atoms with Gasteiger partial charge < -0.3 is 15.1 Å². The molecule has 0 saturated carbocycles. The minimum absolute atomic E-state index is 0.252. The largest absolute Gasteiger partial charge is 0.494 e. The molecular formula is C14H19NO3. The highest BCUT2D eigenvalue weighted by atomic mass is 16.5. The fourth-order valence-corrected chi connectivity index (χ4v) is 2.22. The Balaban J connectivity index is 1.88. The maximum absolute atomic E-state index is 8.84. The van der Waals surface area contributed by atoms with Crippen LogP contribution in [0.5, 0.6) is 5.75 Å². The van der Waals surface area contributed by atoms with Gasteiger partial charge in [-0.05, 0) is 55.9 Å². The average Bonchev–Trinajstić information content (AvgIpc) is 2.80. The van der Waals surface area contributed by atoms with Gasteiger partial charge in [-0.1, -0.05) is 5.16 Å². The number of aryl methyl sites for hydroxylation is 1. The fraction of sp³-hybridized carbons (Fsp3) is 0.500. The van der Waals surface area contributed by atoms with Gasteiger partial charge in [0.25, 0.3) is 0 Å². The fourth-order valence-electron chi connectivity index (χ4n) is 2.22. The van der Waals surface area contributed by atoms with Crippen LogP contribution in [0.25, 0.3) is 0 Å². The standard InChI is InChI=1S/C14H19NO3/c16-8-2-1-3-9-18-12-5-6-13-11(10-12)4-7-14(13)15-17/h5-6,10,16-17H,1-4,7-9H2/b15-14+. The molecular weight excluding hydrogens is 230 g/mol. The quantitative estimate of drug-likeness (QED) is 0.462. The van der Waals surface area contributed by atoms with Crippen LogP contribution in [0, 0.1) is 0 Å². The summed E-state index contributed by atoms with van der Waals surface area (Å²) < 4.78 is 5.66. The van der Waals surface area contributed by atoms with Gasteiger partial charge in [0.2, 0.25) is 0 Å². The molecule has 0 saturated heterocycles. The van der Waals surface area contributed by atoms with Crippen LogP contribution in [-0.4, -0.2) is 29.2 Å². The Bertz CT molecular complexity index is 429. The van der Waals surface area contributed by atoms with Crippen molar-refractivity contribution in [3.8, 4) is 5.75 Å². The van der Waals surface area contributed by atoms with Gasteiger partial charge in [-0.2, -0.15) is 0 Å². The van der Waals surface area contributed by atoms with E-state index in [1.165, 1.54) is 5.56 Å². The van der Waals surface area contributed by atoms with E-state index in [0.29, 0.717) is 6.61 Å². The second-order valence-electron chi connectivity index (χ2n) is 4.50. The van der Waals surface area contributed by atoms with Gasteiger partial charge in [-0.25, -0.2) is 0 Å². The summed E-state index contributed by atoms with van der Waals surface area (Å²) in [6.45, 7) is 0.932. The maximum atomic E-state index is 8.84. The van der Waals surface area contributed by atoms with E-state index in [1.54, 1.807) is 0 Å². The molecule has 0 radical (unpaired) electrons. The summed E-state index contributed by atoms with van der Waals surface area (Å²) in [5.41, 5.74) is 2.99. The molecule has 4 nitrogen and oxygen atoms in total. The Morgan fingerprint density at radius 2 is 2.06 bits per heavy atom. The number of rotatable bonds is 6. The third kappa shape index (κ3) is 3.01. The normalized spacial score (nSPS) is 15.9. The molecule has 0 heterocycles. The first-order valence-corrected chi connectivity index (χ1v) is 6.43. The monoisotopic (exact) mass is 249 g/mol. The van der Waals surface area contributed by atoms with Gasteiger partial charge in [-0.15, -0.1) is 0 Å². The van der Waals surface area contributed by atoms with Crippen LogP contribution < -0.4 is 4.74 Å². The Morgan fingerprint density at radius 1 is 1.17 bits per heavy atom. The summed E-state index contributed by atoms with van der Waals surface area (Å²) in [6, 6.07) is 5.90. The van der Waals surface area contributed by atoms with Crippen LogP contribution >= 0.6 is 0 Å². The van der Waals surface area contributed by atoms with E-state index in [4.69, 9.17) is 15.1 Å². The number of hydrogen-bond acceptors (Lipinski definition) is 4. The molecule has 0 aliphatic heterocycles. The molecule has 0 amide bonds. The van der Waals surface area contributed by atoms with Crippen LogP contribution in [0.1, 0.15) is 36.8 Å². The first-order chi connectivity index (χ1) is 8.85. The van der Waals surface area contributed by atoms with Crippen molar-refractivity contribution in [3.63, 3.8) is 0 Å². The lowest BCUT2D eigenvalue weighted by Crippen LogP contribution is -1.99. The number of aliphatic hydroxyl groups is 1. The summed E-state index contributed by atoms with van der Waals surface area (Å²) in [5.74, 6) is 0.872. The van der Waals surface area contributed by atoms with Gasteiger partial charge in [0.15, 0.2) is 0 Å². The third-order valence-electron chi connectivity index (χ3n) is 3.21. The van der Waals surface area contributed by atoms with Crippen LogP contribution in [-0.2, 0) is 6.42 Å². The Hall–Kier alpha value is -1.55. The Labute approximate surface area is 107 Å². The van der Waals surface area contributed by atoms with Crippen LogP contribution in [0.4, 0.5) is 0 Å². The van der Waals surface area contributed by atoms with Crippen molar-refractivity contribution in [2.24, 2.45) is 5.16 Å². The van der Waals surface area contributed by atoms with Crippen molar-refractivity contribution in [2.75, 3.05) is 13.2 Å². The van der Waals surface area contributed by atoms with E-state index in [0.717, 1.165) is 49.1 Å². The van der Waals surface area contributed by atoms with Crippen molar-refractivity contribution in [1.29, 1.82) is 0 Å². The number of benzene rings is 1. The van der Waals surface area contributed by atoms with Crippen molar-refractivity contribution >= 4 is 5.71 Å². The maximum Gasteiger partial charge on any atom is 0.119 e. The number of ether oxygens (including phenoxy) is 1. The summed E-state index contributed by atoms with van der Waals surface area (Å²) in [6.07, 6.45) is 4.50. The summed E-state index contributed by atoms with van der Waals surface area (Å²) in [7, 11) is 0. The van der Waals surface area contributed by atoms with Crippen molar-refractivity contribution < 1.29 is 15.1 Å². The van der Waals surface area contributed by atoms with E-state index < -0.39 is 0 Å². The molecule has 1 aliphatic carbocycles. The lowest BCUT2D eigenvalue weighted by atomic mass is 10.1. The third-order valence-corrected chi connectivity index (χ3v) is 3.21. The number of hydrogen-bond donors (Lipinski definition) is 2. The molecule has 2 rings (SSSR count). The molecule has 18 heavy (non-hydrogen) atoms. The van der Waals surface area contributed by atoms with E-state index in [1.807, 2.05) is 18.2 Å². The van der Waals surface area contributed by atoms with E-state index >= 15 is 0 Å². The van der Waals surface area contributed by atoms with Crippen LogP contribution in [0.15, 0.2) is 23.4 Å². The van der Waals surface area contributed by atoms with Crippen molar-refractivity contribution in [3.05, 3.63) is 29.3 Å². The van der Waals surface area contributed by atoms with Gasteiger partial charge in [0.1, 0.15) is 5.75 Å². The predicted molar refractivity (Wildman–Crippen MR) is 69.5 cm³/mol. The predicted octanol–water partition coefficient (Wildman–Crippen LogP) is 2.35. The van der Waals surface area contributed by atoms with Gasteiger partial charge in [-0.3, -0.25) is 0 Å². The topological polar surface area (TPSA) is 62.0 Å². The first-order valence-electron chi connectivity index (χ1n) is 6.43. The van der Waals surface area contributed by atoms with Crippen molar-refractivity contribution in [2.45, 2.75) is 32.1 Å². The van der Waals surface area contributed by atoms with E-state index in [-0.39, 0.29) is 6.61 Å². The number of fused-ring (bicyclic) bond motifs is 1. The van der Waals surface area contributed by atoms with E-state index in [2.05, 4.69) is 5.16 Å². The highest BCUT2D eigenvalue weighted by Gasteiger charge is 2.18. The molecule has 1 aliphatic rings. The molecule has 0 atom stereocenters. The molecule has 4 heteroatoms. The SMILES string of the molecule is OCCCCCOc1ccc2c(c1)CC/C2=N\O.